The Morgan fingerprint density at radius 2 is 1.68 bits per heavy atom. The Hall–Kier alpha value is -1.85. The Bertz CT molecular complexity index is 678. The molecule has 0 radical (unpaired) electrons. The molecule has 2 fully saturated rings. The predicted molar refractivity (Wildman–Crippen MR) is 96.7 cm³/mol. The SMILES string of the molecule is CN(CC1CCC(C(N)=O)CC1)c1c(OCC2CCCC2)c(=O)c1=O. The molecule has 0 aliphatic heterocycles. The first kappa shape index (κ1) is 18.0. The number of rotatable bonds is 7. The van der Waals surface area contributed by atoms with Gasteiger partial charge in [-0.2, -0.15) is 0 Å². The van der Waals surface area contributed by atoms with Gasteiger partial charge in [-0.1, -0.05) is 12.8 Å². The van der Waals surface area contributed by atoms with E-state index in [4.69, 9.17) is 10.5 Å². The molecule has 25 heavy (non-hydrogen) atoms. The molecule has 1 amide bonds. The number of hydrogen-bond acceptors (Lipinski definition) is 5. The molecule has 1 aromatic rings. The highest BCUT2D eigenvalue weighted by molar-refractivity contribution is 5.76. The molecule has 1 aromatic carbocycles. The molecule has 6 nitrogen and oxygen atoms in total. The van der Waals surface area contributed by atoms with Gasteiger partial charge in [0.2, 0.25) is 5.91 Å². The quantitative estimate of drug-likeness (QED) is 0.756. The molecule has 0 aromatic heterocycles. The van der Waals surface area contributed by atoms with Crippen LogP contribution in [0, 0.1) is 17.8 Å². The van der Waals surface area contributed by atoms with Crippen molar-refractivity contribution in [3.05, 3.63) is 20.4 Å². The van der Waals surface area contributed by atoms with Crippen molar-refractivity contribution < 1.29 is 9.53 Å². The third-order valence-electron chi connectivity index (χ3n) is 5.94. The maximum absolute atomic E-state index is 12.0. The highest BCUT2D eigenvalue weighted by Crippen LogP contribution is 2.32. The van der Waals surface area contributed by atoms with Gasteiger partial charge in [-0.3, -0.25) is 14.4 Å². The Labute approximate surface area is 148 Å². The van der Waals surface area contributed by atoms with Gasteiger partial charge in [0.25, 0.3) is 10.9 Å². The van der Waals surface area contributed by atoms with Crippen molar-refractivity contribution >= 4 is 11.6 Å². The topological polar surface area (TPSA) is 89.7 Å². The Kier molecular flexibility index (Phi) is 5.45. The number of nitrogens with two attached hydrogens (primary N) is 1. The number of ether oxygens (including phenoxy) is 1. The lowest BCUT2D eigenvalue weighted by Gasteiger charge is -2.31. The lowest BCUT2D eigenvalue weighted by molar-refractivity contribution is -0.122. The van der Waals surface area contributed by atoms with E-state index < -0.39 is 10.9 Å². The minimum Gasteiger partial charge on any atom is -0.487 e. The molecular weight excluding hydrogens is 320 g/mol. The summed E-state index contributed by atoms with van der Waals surface area (Å²) in [6.45, 7) is 1.24. The third-order valence-corrected chi connectivity index (χ3v) is 5.94. The van der Waals surface area contributed by atoms with Crippen LogP contribution in [-0.2, 0) is 4.79 Å². The number of carbonyl (C=O) groups excluding carboxylic acids is 1. The van der Waals surface area contributed by atoms with E-state index in [1.165, 1.54) is 12.8 Å². The van der Waals surface area contributed by atoms with Crippen LogP contribution in [0.1, 0.15) is 51.4 Å². The summed E-state index contributed by atoms with van der Waals surface area (Å²) >= 11 is 0. The van der Waals surface area contributed by atoms with E-state index in [0.717, 1.165) is 38.5 Å². The molecule has 2 saturated carbocycles. The summed E-state index contributed by atoms with van der Waals surface area (Å²) in [6.07, 6.45) is 8.20. The first-order valence-electron chi connectivity index (χ1n) is 9.44. The maximum atomic E-state index is 12.0. The Balaban J connectivity index is 1.56. The van der Waals surface area contributed by atoms with Crippen molar-refractivity contribution in [1.82, 2.24) is 0 Å². The van der Waals surface area contributed by atoms with Crippen LogP contribution in [0.15, 0.2) is 9.59 Å². The van der Waals surface area contributed by atoms with Crippen LogP contribution in [0.4, 0.5) is 5.69 Å². The minimum absolute atomic E-state index is 0.0157. The first-order valence-corrected chi connectivity index (χ1v) is 9.44. The van der Waals surface area contributed by atoms with Crippen molar-refractivity contribution in [1.29, 1.82) is 0 Å². The van der Waals surface area contributed by atoms with Gasteiger partial charge in [0.05, 0.1) is 6.61 Å². The van der Waals surface area contributed by atoms with Crippen LogP contribution in [0.3, 0.4) is 0 Å². The zero-order valence-corrected chi connectivity index (χ0v) is 15.0. The molecule has 0 unspecified atom stereocenters. The van der Waals surface area contributed by atoms with Gasteiger partial charge in [-0.15, -0.1) is 0 Å². The summed E-state index contributed by atoms with van der Waals surface area (Å²) in [4.78, 5) is 37.0. The molecular formula is C19H28N2O4. The van der Waals surface area contributed by atoms with Gasteiger partial charge >= 0.3 is 0 Å². The highest BCUT2D eigenvalue weighted by Gasteiger charge is 2.30. The van der Waals surface area contributed by atoms with E-state index >= 15 is 0 Å². The predicted octanol–water partition coefficient (Wildman–Crippen LogP) is 1.58. The molecule has 0 bridgehead atoms. The lowest BCUT2D eigenvalue weighted by atomic mass is 9.81. The van der Waals surface area contributed by atoms with Crippen LogP contribution < -0.4 is 26.2 Å². The second kappa shape index (κ2) is 7.58. The summed E-state index contributed by atoms with van der Waals surface area (Å²) in [5.41, 5.74) is 4.88. The van der Waals surface area contributed by atoms with Gasteiger partial charge in [0, 0.05) is 19.5 Å². The molecule has 3 rings (SSSR count). The molecule has 0 atom stereocenters. The molecule has 2 aliphatic carbocycles. The Morgan fingerprint density at radius 3 is 2.28 bits per heavy atom. The third kappa shape index (κ3) is 3.88. The lowest BCUT2D eigenvalue weighted by Crippen LogP contribution is -2.42. The van der Waals surface area contributed by atoms with Crippen molar-refractivity contribution in [2.24, 2.45) is 23.5 Å². The fraction of sp³-hybridized carbons (Fsp3) is 0.737. The fourth-order valence-electron chi connectivity index (χ4n) is 4.33. The zero-order valence-electron chi connectivity index (χ0n) is 15.0. The summed E-state index contributed by atoms with van der Waals surface area (Å²) in [6, 6.07) is 0. The van der Waals surface area contributed by atoms with Crippen molar-refractivity contribution in [3.63, 3.8) is 0 Å². The fourth-order valence-corrected chi connectivity index (χ4v) is 4.33. The largest absolute Gasteiger partial charge is 0.487 e. The summed E-state index contributed by atoms with van der Waals surface area (Å²) in [5.74, 6) is 0.944. The van der Waals surface area contributed by atoms with Crippen molar-refractivity contribution in [2.75, 3.05) is 25.1 Å². The standard InChI is InChI=1S/C19H28N2O4/c1-21(10-12-6-8-14(9-7-12)19(20)24)15-16(22)17(23)18(15)25-11-13-4-2-3-5-13/h12-14H,2-11H2,1H3,(H2,20,24). The molecule has 2 N–H and O–H groups in total. The van der Waals surface area contributed by atoms with Crippen LogP contribution in [0.5, 0.6) is 5.75 Å². The van der Waals surface area contributed by atoms with Gasteiger partial charge < -0.3 is 15.4 Å². The van der Waals surface area contributed by atoms with Crippen LogP contribution in [-0.4, -0.2) is 26.1 Å². The molecule has 0 saturated heterocycles. The van der Waals surface area contributed by atoms with Crippen LogP contribution >= 0.6 is 0 Å². The van der Waals surface area contributed by atoms with Crippen LogP contribution in [0.25, 0.3) is 0 Å². The van der Waals surface area contributed by atoms with E-state index in [0.29, 0.717) is 30.7 Å². The number of anilines is 1. The number of amides is 1. The summed E-state index contributed by atoms with van der Waals surface area (Å²) in [5, 5.41) is 0. The summed E-state index contributed by atoms with van der Waals surface area (Å²) in [7, 11) is 1.85. The van der Waals surface area contributed by atoms with Gasteiger partial charge in [0.15, 0.2) is 5.75 Å². The second-order valence-electron chi connectivity index (χ2n) is 7.80. The number of nitrogens with zero attached hydrogens (tertiary/aromatic N) is 1. The monoisotopic (exact) mass is 348 g/mol. The van der Waals surface area contributed by atoms with E-state index in [9.17, 15) is 14.4 Å². The van der Waals surface area contributed by atoms with Gasteiger partial charge in [-0.25, -0.2) is 0 Å². The van der Waals surface area contributed by atoms with Gasteiger partial charge in [-0.05, 0) is 50.4 Å². The average molecular weight is 348 g/mol. The first-order chi connectivity index (χ1) is 12.0. The van der Waals surface area contributed by atoms with E-state index in [1.807, 2.05) is 11.9 Å². The number of carbonyl (C=O) groups is 1. The normalized spacial score (nSPS) is 24.5. The molecule has 2 aliphatic rings. The minimum atomic E-state index is -0.489. The molecule has 138 valence electrons. The number of hydrogen-bond donors (Lipinski definition) is 1. The van der Waals surface area contributed by atoms with E-state index in [-0.39, 0.29) is 17.6 Å². The smallest absolute Gasteiger partial charge is 0.272 e. The second-order valence-corrected chi connectivity index (χ2v) is 7.80. The zero-order chi connectivity index (χ0) is 18.0. The van der Waals surface area contributed by atoms with Gasteiger partial charge in [0.1, 0.15) is 5.69 Å². The van der Waals surface area contributed by atoms with Crippen molar-refractivity contribution in [2.45, 2.75) is 51.4 Å². The van der Waals surface area contributed by atoms with E-state index in [2.05, 4.69) is 0 Å². The van der Waals surface area contributed by atoms with E-state index in [1.54, 1.807) is 0 Å². The van der Waals surface area contributed by atoms with Crippen molar-refractivity contribution in [3.8, 4) is 5.75 Å². The molecule has 6 heteroatoms. The Morgan fingerprint density at radius 1 is 1.04 bits per heavy atom. The summed E-state index contributed by atoms with van der Waals surface area (Å²) < 4.78 is 5.72. The maximum Gasteiger partial charge on any atom is 0.272 e. The highest BCUT2D eigenvalue weighted by atomic mass is 16.5. The van der Waals surface area contributed by atoms with Crippen LogP contribution in [0.2, 0.25) is 0 Å². The number of primary amides is 1. The molecule has 0 spiro atoms. The molecule has 0 heterocycles. The average Bonchev–Trinajstić information content (AvgIpc) is 3.11.